The molecule has 0 fully saturated rings. The van der Waals surface area contributed by atoms with Crippen LogP contribution < -0.4 is 16.6 Å². The van der Waals surface area contributed by atoms with E-state index in [9.17, 15) is 31.9 Å². The van der Waals surface area contributed by atoms with E-state index in [-0.39, 0.29) is 21.6 Å². The molecule has 11 heteroatoms. The quantitative estimate of drug-likeness (QED) is 0.445. The third-order valence-corrected chi connectivity index (χ3v) is 5.82. The van der Waals surface area contributed by atoms with Gasteiger partial charge in [0, 0.05) is 5.69 Å². The summed E-state index contributed by atoms with van der Waals surface area (Å²) in [5, 5.41) is 3.93. The predicted octanol–water partition coefficient (Wildman–Crippen LogP) is 4.32. The summed E-state index contributed by atoms with van der Waals surface area (Å²) in [4.78, 5) is 38.8. The molecule has 4 aromatic rings. The lowest BCUT2D eigenvalue weighted by molar-refractivity contribution is -0.137. The molecule has 0 aliphatic heterocycles. The lowest BCUT2D eigenvalue weighted by Gasteiger charge is -2.14. The SMILES string of the molecule is Cc1cc(F)ccc1-n1c(=O)c2sccc2n(CC(=O)Nc2cccc(C(F)(F)F)c2)c1=O. The summed E-state index contributed by atoms with van der Waals surface area (Å²) < 4.78 is 54.4. The molecule has 4 rings (SSSR count). The van der Waals surface area contributed by atoms with E-state index in [0.717, 1.165) is 44.7 Å². The molecule has 1 amide bonds. The summed E-state index contributed by atoms with van der Waals surface area (Å²) in [5.74, 6) is -1.30. The molecule has 2 heterocycles. The summed E-state index contributed by atoms with van der Waals surface area (Å²) >= 11 is 1.07. The number of alkyl halides is 3. The van der Waals surface area contributed by atoms with Gasteiger partial charge < -0.3 is 5.32 Å². The van der Waals surface area contributed by atoms with Crippen molar-refractivity contribution in [1.82, 2.24) is 9.13 Å². The minimum atomic E-state index is -4.58. The second kappa shape index (κ2) is 8.32. The highest BCUT2D eigenvalue weighted by atomic mass is 32.1. The molecule has 0 bridgehead atoms. The average molecular weight is 477 g/mol. The molecule has 0 aliphatic rings. The predicted molar refractivity (Wildman–Crippen MR) is 116 cm³/mol. The molecule has 6 nitrogen and oxygen atoms in total. The fourth-order valence-corrected chi connectivity index (χ4v) is 4.26. The summed E-state index contributed by atoms with van der Waals surface area (Å²) in [6.07, 6.45) is -4.58. The lowest BCUT2D eigenvalue weighted by Crippen LogP contribution is -2.40. The Morgan fingerprint density at radius 1 is 1.09 bits per heavy atom. The minimum Gasteiger partial charge on any atom is -0.325 e. The van der Waals surface area contributed by atoms with Crippen LogP contribution in [0, 0.1) is 12.7 Å². The van der Waals surface area contributed by atoms with Gasteiger partial charge in [0.15, 0.2) is 0 Å². The lowest BCUT2D eigenvalue weighted by atomic mass is 10.2. The van der Waals surface area contributed by atoms with Crippen molar-refractivity contribution in [1.29, 1.82) is 0 Å². The Labute approximate surface area is 187 Å². The van der Waals surface area contributed by atoms with Gasteiger partial charge >= 0.3 is 11.9 Å². The molecule has 0 unspecified atom stereocenters. The van der Waals surface area contributed by atoms with Gasteiger partial charge in [-0.3, -0.25) is 14.2 Å². The zero-order valence-electron chi connectivity index (χ0n) is 16.9. The maximum absolute atomic E-state index is 13.5. The van der Waals surface area contributed by atoms with Crippen molar-refractivity contribution in [2.45, 2.75) is 19.6 Å². The summed E-state index contributed by atoms with van der Waals surface area (Å²) in [5.41, 5.74) is -1.76. The number of rotatable bonds is 4. The number of aryl methyl sites for hydroxylation is 1. The number of nitrogens with one attached hydrogen (secondary N) is 1. The number of hydrogen-bond acceptors (Lipinski definition) is 4. The Morgan fingerprint density at radius 3 is 2.55 bits per heavy atom. The van der Waals surface area contributed by atoms with Gasteiger partial charge in [-0.05, 0) is 60.3 Å². The Hall–Kier alpha value is -3.73. The number of anilines is 1. The van der Waals surface area contributed by atoms with Gasteiger partial charge in [-0.1, -0.05) is 6.07 Å². The number of thiophene rings is 1. The van der Waals surface area contributed by atoms with Gasteiger partial charge in [0.2, 0.25) is 5.91 Å². The third kappa shape index (κ3) is 4.31. The van der Waals surface area contributed by atoms with Crippen molar-refractivity contribution in [2.75, 3.05) is 5.32 Å². The molecule has 2 aromatic heterocycles. The molecule has 1 N–H and O–H groups in total. The van der Waals surface area contributed by atoms with Gasteiger partial charge in [-0.15, -0.1) is 11.3 Å². The number of halogens is 4. The summed E-state index contributed by atoms with van der Waals surface area (Å²) in [6.45, 7) is 0.983. The van der Waals surface area contributed by atoms with E-state index in [1.54, 1.807) is 5.38 Å². The topological polar surface area (TPSA) is 73.1 Å². The standard InChI is InChI=1S/C22H15F4N3O3S/c1-12-9-14(23)5-6-16(12)29-20(31)19-17(7-8-33-19)28(21(29)32)11-18(30)27-15-4-2-3-13(10-15)22(24,25)26/h2-10H,11H2,1H3,(H,27,30). The van der Waals surface area contributed by atoms with Crippen molar-refractivity contribution < 1.29 is 22.4 Å². The number of carbonyl (C=O) groups is 1. The number of nitrogens with zero attached hydrogens (tertiary/aromatic N) is 2. The van der Waals surface area contributed by atoms with Crippen LogP contribution in [-0.4, -0.2) is 15.0 Å². The van der Waals surface area contributed by atoms with Crippen LogP contribution in [0.1, 0.15) is 11.1 Å². The van der Waals surface area contributed by atoms with Crippen LogP contribution in [0.25, 0.3) is 15.9 Å². The molecular formula is C22H15F4N3O3S. The highest BCUT2D eigenvalue weighted by Gasteiger charge is 2.30. The van der Waals surface area contributed by atoms with Crippen LogP contribution in [0.3, 0.4) is 0 Å². The van der Waals surface area contributed by atoms with Crippen LogP contribution >= 0.6 is 11.3 Å². The first-order valence-corrected chi connectivity index (χ1v) is 10.4. The Bertz CT molecular complexity index is 1500. The number of benzene rings is 2. The highest BCUT2D eigenvalue weighted by Crippen LogP contribution is 2.30. The van der Waals surface area contributed by atoms with Gasteiger partial charge in [-0.25, -0.2) is 13.8 Å². The van der Waals surface area contributed by atoms with Crippen molar-refractivity contribution in [3.05, 3.63) is 91.7 Å². The summed E-state index contributed by atoms with van der Waals surface area (Å²) in [7, 11) is 0. The van der Waals surface area contributed by atoms with Crippen LogP contribution in [0.4, 0.5) is 23.2 Å². The minimum absolute atomic E-state index is 0.0906. The molecule has 170 valence electrons. The van der Waals surface area contributed by atoms with E-state index in [1.807, 2.05) is 0 Å². The molecule has 0 saturated carbocycles. The van der Waals surface area contributed by atoms with E-state index in [0.29, 0.717) is 5.56 Å². The van der Waals surface area contributed by atoms with E-state index in [1.165, 1.54) is 31.2 Å². The number of aromatic nitrogens is 2. The number of fused-ring (bicyclic) bond motifs is 1. The zero-order valence-corrected chi connectivity index (χ0v) is 17.8. The molecule has 0 spiro atoms. The first kappa shape index (κ1) is 22.5. The Kier molecular flexibility index (Phi) is 5.66. The van der Waals surface area contributed by atoms with Gasteiger partial charge in [-0.2, -0.15) is 13.2 Å². The summed E-state index contributed by atoms with van der Waals surface area (Å²) in [6, 6.07) is 9.17. The average Bonchev–Trinajstić information content (AvgIpc) is 3.22. The zero-order chi connectivity index (χ0) is 23.9. The van der Waals surface area contributed by atoms with Crippen molar-refractivity contribution in [2.24, 2.45) is 0 Å². The fourth-order valence-electron chi connectivity index (χ4n) is 3.44. The molecular weight excluding hydrogens is 462 g/mol. The van der Waals surface area contributed by atoms with Crippen molar-refractivity contribution >= 4 is 33.1 Å². The van der Waals surface area contributed by atoms with Crippen molar-refractivity contribution in [3.63, 3.8) is 0 Å². The largest absolute Gasteiger partial charge is 0.416 e. The molecule has 2 aromatic carbocycles. The maximum Gasteiger partial charge on any atom is 0.416 e. The van der Waals surface area contributed by atoms with Crippen LogP contribution in [-0.2, 0) is 17.5 Å². The van der Waals surface area contributed by atoms with Crippen LogP contribution in [0.2, 0.25) is 0 Å². The molecule has 0 aliphatic carbocycles. The second-order valence-corrected chi connectivity index (χ2v) is 8.12. The third-order valence-electron chi connectivity index (χ3n) is 4.93. The maximum atomic E-state index is 13.5. The van der Waals surface area contributed by atoms with Gasteiger partial charge in [0.1, 0.15) is 17.1 Å². The monoisotopic (exact) mass is 477 g/mol. The first-order valence-electron chi connectivity index (χ1n) is 9.53. The van der Waals surface area contributed by atoms with E-state index in [2.05, 4.69) is 5.32 Å². The molecule has 33 heavy (non-hydrogen) atoms. The normalized spacial score (nSPS) is 11.7. The van der Waals surface area contributed by atoms with E-state index in [4.69, 9.17) is 0 Å². The van der Waals surface area contributed by atoms with Crippen molar-refractivity contribution in [3.8, 4) is 5.69 Å². The van der Waals surface area contributed by atoms with E-state index < -0.39 is 41.3 Å². The van der Waals surface area contributed by atoms with Crippen LogP contribution in [0.15, 0.2) is 63.5 Å². The molecule has 0 atom stereocenters. The molecule has 0 saturated heterocycles. The Morgan fingerprint density at radius 2 is 1.85 bits per heavy atom. The number of carbonyl (C=O) groups excluding carboxylic acids is 1. The van der Waals surface area contributed by atoms with Crippen LogP contribution in [0.5, 0.6) is 0 Å². The highest BCUT2D eigenvalue weighted by molar-refractivity contribution is 7.17. The fraction of sp³-hybridized carbons (Fsp3) is 0.136. The Balaban J connectivity index is 1.76. The van der Waals surface area contributed by atoms with Gasteiger partial charge in [0.05, 0.1) is 16.8 Å². The molecule has 0 radical (unpaired) electrons. The number of amides is 1. The smallest absolute Gasteiger partial charge is 0.325 e. The number of hydrogen-bond donors (Lipinski definition) is 1. The van der Waals surface area contributed by atoms with E-state index >= 15 is 0 Å². The second-order valence-electron chi connectivity index (χ2n) is 7.20. The van der Waals surface area contributed by atoms with Gasteiger partial charge in [0.25, 0.3) is 5.56 Å². The first-order chi connectivity index (χ1) is 15.6.